The minimum absolute atomic E-state index is 0.277. The van der Waals surface area contributed by atoms with Crippen LogP contribution in [0.4, 0.5) is 16.2 Å². The minimum atomic E-state index is -1.11. The lowest BCUT2D eigenvalue weighted by molar-refractivity contribution is 0.102. The summed E-state index contributed by atoms with van der Waals surface area (Å²) < 4.78 is 0. The van der Waals surface area contributed by atoms with E-state index in [4.69, 9.17) is 15.8 Å². The van der Waals surface area contributed by atoms with Crippen LogP contribution in [0.15, 0.2) is 47.6 Å². The van der Waals surface area contributed by atoms with Crippen molar-refractivity contribution in [2.45, 2.75) is 18.4 Å². The van der Waals surface area contributed by atoms with Crippen LogP contribution in [0.25, 0.3) is 0 Å². The van der Waals surface area contributed by atoms with E-state index in [-0.39, 0.29) is 11.6 Å². The van der Waals surface area contributed by atoms with E-state index in [9.17, 15) is 9.59 Å². The maximum Gasteiger partial charge on any atom is 0.410 e. The number of nitrogens with zero attached hydrogens (tertiary/aromatic N) is 2. The number of anilines is 2. The van der Waals surface area contributed by atoms with Gasteiger partial charge in [0.05, 0.1) is 17.4 Å². The Hall–Kier alpha value is -3.07. The monoisotopic (exact) mass is 397 g/mol. The topological polar surface area (TPSA) is 130 Å². The first kappa shape index (κ1) is 18.3. The van der Waals surface area contributed by atoms with E-state index in [0.717, 1.165) is 24.2 Å². The molecule has 1 saturated carbocycles. The number of rotatable bonds is 3. The van der Waals surface area contributed by atoms with Crippen LogP contribution in [0.2, 0.25) is 0 Å². The number of fused-ring (bicyclic) bond motifs is 1. The van der Waals surface area contributed by atoms with E-state index < -0.39 is 11.6 Å². The van der Waals surface area contributed by atoms with Crippen LogP contribution in [0.1, 0.15) is 28.9 Å². The predicted molar refractivity (Wildman–Crippen MR) is 109 cm³/mol. The molecule has 0 bridgehead atoms. The third-order valence-electron chi connectivity index (χ3n) is 4.93. The minimum Gasteiger partial charge on any atom is -0.465 e. The summed E-state index contributed by atoms with van der Waals surface area (Å²) in [4.78, 5) is 32.2. The number of hydrogen-bond donors (Lipinski definition) is 4. The van der Waals surface area contributed by atoms with Gasteiger partial charge in [-0.15, -0.1) is 0 Å². The van der Waals surface area contributed by atoms with Crippen molar-refractivity contribution >= 4 is 40.3 Å². The second kappa shape index (κ2) is 7.16. The maximum absolute atomic E-state index is 12.4. The van der Waals surface area contributed by atoms with Crippen molar-refractivity contribution in [3.63, 3.8) is 0 Å². The Kier molecular flexibility index (Phi) is 4.68. The van der Waals surface area contributed by atoms with E-state index in [1.54, 1.807) is 18.2 Å². The molecule has 2 atom stereocenters. The highest BCUT2D eigenvalue weighted by Crippen LogP contribution is 2.59. The van der Waals surface area contributed by atoms with Crippen molar-refractivity contribution in [3.05, 3.63) is 53.9 Å². The molecule has 1 aliphatic heterocycles. The lowest BCUT2D eigenvalue weighted by Gasteiger charge is -2.15. The molecule has 1 aromatic heterocycles. The third-order valence-corrected chi connectivity index (χ3v) is 5.84. The van der Waals surface area contributed by atoms with Crippen LogP contribution >= 0.6 is 11.8 Å². The number of amidine groups is 1. The number of pyridine rings is 1. The standard InChI is InChI=1S/C19H19N5O3S/c20-13-4-5-15(21-10-13)16(25)22-14-3-1-2-11(8-14)19-9-12(19)6-7-28-17(24-19)23-18(26)27/h1-5,8,10,12H,6-7,9,20H2,(H,22,25)(H,23,24)(H,26,27)/t12-,19-/m1/s1. The molecule has 2 heterocycles. The Morgan fingerprint density at radius 1 is 1.25 bits per heavy atom. The number of carbonyl (C=O) groups excluding carboxylic acids is 1. The van der Waals surface area contributed by atoms with E-state index in [1.165, 1.54) is 18.0 Å². The highest BCUT2D eigenvalue weighted by atomic mass is 32.2. The molecule has 144 valence electrons. The Labute approximate surface area is 165 Å². The normalized spacial score (nSPS) is 23.0. The first-order chi connectivity index (χ1) is 13.5. The summed E-state index contributed by atoms with van der Waals surface area (Å²) in [5.74, 6) is 0.873. The second-order valence-corrected chi connectivity index (χ2v) is 7.90. The van der Waals surface area contributed by atoms with Crippen molar-refractivity contribution in [2.75, 3.05) is 16.8 Å². The number of aromatic nitrogens is 1. The Morgan fingerprint density at radius 3 is 2.86 bits per heavy atom. The van der Waals surface area contributed by atoms with Gasteiger partial charge < -0.3 is 16.2 Å². The van der Waals surface area contributed by atoms with Gasteiger partial charge >= 0.3 is 6.09 Å². The fraction of sp³-hybridized carbons (Fsp3) is 0.263. The Bertz CT molecular complexity index is 962. The largest absolute Gasteiger partial charge is 0.465 e. The zero-order chi connectivity index (χ0) is 19.7. The number of amides is 2. The van der Waals surface area contributed by atoms with Gasteiger partial charge in [-0.3, -0.25) is 15.1 Å². The van der Waals surface area contributed by atoms with Crippen LogP contribution in [0.5, 0.6) is 0 Å². The molecule has 8 nitrogen and oxygen atoms in total. The smallest absolute Gasteiger partial charge is 0.410 e. The van der Waals surface area contributed by atoms with Gasteiger partial charge in [-0.2, -0.15) is 0 Å². The Balaban J connectivity index is 1.57. The van der Waals surface area contributed by atoms with Gasteiger partial charge in [0.15, 0.2) is 5.17 Å². The molecule has 28 heavy (non-hydrogen) atoms. The van der Waals surface area contributed by atoms with Crippen molar-refractivity contribution in [1.82, 2.24) is 10.3 Å². The fourth-order valence-corrected chi connectivity index (χ4v) is 4.46. The number of aliphatic imine (C=N–C) groups is 1. The summed E-state index contributed by atoms with van der Waals surface area (Å²) in [5.41, 5.74) is 7.55. The van der Waals surface area contributed by atoms with Crippen LogP contribution < -0.4 is 16.4 Å². The number of nitrogens with one attached hydrogen (secondary N) is 2. The van der Waals surface area contributed by atoms with Crippen molar-refractivity contribution in [1.29, 1.82) is 0 Å². The molecule has 0 unspecified atom stereocenters. The molecule has 0 spiro atoms. The zero-order valence-electron chi connectivity index (χ0n) is 14.9. The van der Waals surface area contributed by atoms with Gasteiger partial charge in [-0.05, 0) is 48.6 Å². The predicted octanol–water partition coefficient (Wildman–Crippen LogP) is 2.89. The van der Waals surface area contributed by atoms with Crippen LogP contribution in [-0.4, -0.2) is 33.0 Å². The molecule has 2 aromatic rings. The summed E-state index contributed by atoms with van der Waals surface area (Å²) in [6.45, 7) is 0. The summed E-state index contributed by atoms with van der Waals surface area (Å²) in [6, 6.07) is 10.7. The molecule has 2 aliphatic rings. The molecular formula is C19H19N5O3S. The number of benzene rings is 1. The number of hydrogen-bond acceptors (Lipinski definition) is 6. The lowest BCUT2D eigenvalue weighted by Crippen LogP contribution is -2.27. The highest BCUT2D eigenvalue weighted by Gasteiger charge is 2.56. The number of carbonyl (C=O) groups is 2. The van der Waals surface area contributed by atoms with Gasteiger partial charge in [0.1, 0.15) is 5.69 Å². The van der Waals surface area contributed by atoms with Crippen molar-refractivity contribution in [2.24, 2.45) is 10.9 Å². The molecule has 2 amide bonds. The average molecular weight is 397 g/mol. The molecule has 1 aromatic carbocycles. The maximum atomic E-state index is 12.4. The molecule has 4 rings (SSSR count). The molecule has 1 fully saturated rings. The Morgan fingerprint density at radius 2 is 2.11 bits per heavy atom. The fourth-order valence-electron chi connectivity index (χ4n) is 3.48. The quantitative estimate of drug-likeness (QED) is 0.630. The molecule has 1 aliphatic carbocycles. The van der Waals surface area contributed by atoms with E-state index in [1.807, 2.05) is 18.2 Å². The molecule has 9 heteroatoms. The van der Waals surface area contributed by atoms with Gasteiger partial charge in [0.2, 0.25) is 0 Å². The number of carboxylic acid groups (broad SMARTS) is 1. The van der Waals surface area contributed by atoms with Crippen LogP contribution in [-0.2, 0) is 5.54 Å². The number of nitrogens with two attached hydrogens (primary N) is 1. The summed E-state index contributed by atoms with van der Waals surface area (Å²) in [7, 11) is 0. The van der Waals surface area contributed by atoms with Crippen molar-refractivity contribution < 1.29 is 14.7 Å². The van der Waals surface area contributed by atoms with Gasteiger partial charge in [-0.25, -0.2) is 9.78 Å². The molecule has 5 N–H and O–H groups in total. The summed E-state index contributed by atoms with van der Waals surface area (Å²) in [6.07, 6.45) is 2.16. The first-order valence-corrected chi connectivity index (χ1v) is 9.81. The molecule has 0 radical (unpaired) electrons. The lowest BCUT2D eigenvalue weighted by atomic mass is 10.0. The number of thioether (sulfide) groups is 1. The van der Waals surface area contributed by atoms with Gasteiger partial charge in [-0.1, -0.05) is 23.9 Å². The van der Waals surface area contributed by atoms with Gasteiger partial charge in [0, 0.05) is 11.4 Å². The third kappa shape index (κ3) is 3.65. The first-order valence-electron chi connectivity index (χ1n) is 8.82. The zero-order valence-corrected chi connectivity index (χ0v) is 15.7. The highest BCUT2D eigenvalue weighted by molar-refractivity contribution is 8.13. The van der Waals surface area contributed by atoms with E-state index in [2.05, 4.69) is 15.6 Å². The van der Waals surface area contributed by atoms with Gasteiger partial charge in [0.25, 0.3) is 5.91 Å². The summed E-state index contributed by atoms with van der Waals surface area (Å²) in [5, 5.41) is 14.7. The van der Waals surface area contributed by atoms with E-state index in [0.29, 0.717) is 22.5 Å². The van der Waals surface area contributed by atoms with Crippen LogP contribution in [0, 0.1) is 5.92 Å². The number of nitrogen functional groups attached to an aromatic ring is 1. The average Bonchev–Trinajstić information content (AvgIpc) is 3.37. The molecular weight excluding hydrogens is 378 g/mol. The SMILES string of the molecule is Nc1ccc(C(=O)Nc2cccc([C@]34C[C@H]3CCSC(NC(=O)O)=N4)c2)nc1. The van der Waals surface area contributed by atoms with E-state index >= 15 is 0 Å². The summed E-state index contributed by atoms with van der Waals surface area (Å²) >= 11 is 1.42. The van der Waals surface area contributed by atoms with Crippen molar-refractivity contribution in [3.8, 4) is 0 Å². The second-order valence-electron chi connectivity index (χ2n) is 6.82. The molecule has 0 saturated heterocycles. The van der Waals surface area contributed by atoms with Crippen LogP contribution in [0.3, 0.4) is 0 Å².